The summed E-state index contributed by atoms with van der Waals surface area (Å²) in [6.45, 7) is 0. The summed E-state index contributed by atoms with van der Waals surface area (Å²) in [5.41, 5.74) is 4.15. The Bertz CT molecular complexity index is 1020. The molecule has 0 unspecified atom stereocenters. The van der Waals surface area contributed by atoms with Gasteiger partial charge in [0.15, 0.2) is 5.69 Å². The Hall–Kier alpha value is -3.66. The van der Waals surface area contributed by atoms with Gasteiger partial charge < -0.3 is 9.52 Å². The summed E-state index contributed by atoms with van der Waals surface area (Å²) in [4.78, 5) is 0. The maximum atomic E-state index is 9.98. The number of furan rings is 1. The Labute approximate surface area is 151 Å². The van der Waals surface area contributed by atoms with Gasteiger partial charge in [0.1, 0.15) is 5.76 Å². The number of nitrogens with zero attached hydrogens (tertiary/aromatic N) is 2. The zero-order valence-electron chi connectivity index (χ0n) is 13.9. The monoisotopic (exact) mass is 340 g/mol. The Kier molecular flexibility index (Phi) is 4.31. The molecule has 0 aliphatic carbocycles. The number of rotatable bonds is 4. The van der Waals surface area contributed by atoms with E-state index < -0.39 is 0 Å². The third kappa shape index (κ3) is 3.39. The summed E-state index contributed by atoms with van der Waals surface area (Å²) in [6.07, 6.45) is 0. The first kappa shape index (κ1) is 15.8. The van der Waals surface area contributed by atoms with Crippen molar-refractivity contribution in [3.8, 4) is 28.4 Å². The second-order valence-electron chi connectivity index (χ2n) is 5.78. The molecular formula is C22H16N2O2. The predicted octanol–water partition coefficient (Wildman–Crippen LogP) is 6.73. The van der Waals surface area contributed by atoms with Crippen LogP contribution in [0.1, 0.15) is 0 Å². The predicted molar refractivity (Wildman–Crippen MR) is 102 cm³/mol. The van der Waals surface area contributed by atoms with Gasteiger partial charge in [0.2, 0.25) is 0 Å². The first-order valence-corrected chi connectivity index (χ1v) is 8.25. The normalized spacial score (nSPS) is 11.1. The molecular weight excluding hydrogens is 324 g/mol. The molecule has 0 aliphatic rings. The average Bonchev–Trinajstić information content (AvgIpc) is 3.09. The van der Waals surface area contributed by atoms with Gasteiger partial charge in [-0.05, 0) is 23.3 Å². The van der Waals surface area contributed by atoms with Crippen LogP contribution in [0.4, 0.5) is 11.4 Å². The SMILES string of the molecule is Oc1oc(-c2ccc(-c3ccccc3)cc2)cc1N=Nc1ccccc1. The van der Waals surface area contributed by atoms with Crippen molar-refractivity contribution in [2.45, 2.75) is 0 Å². The van der Waals surface area contributed by atoms with Crippen molar-refractivity contribution in [2.75, 3.05) is 0 Å². The van der Waals surface area contributed by atoms with Crippen LogP contribution in [0.25, 0.3) is 22.5 Å². The second kappa shape index (κ2) is 7.07. The van der Waals surface area contributed by atoms with E-state index in [0.29, 0.717) is 17.1 Å². The van der Waals surface area contributed by atoms with Crippen LogP contribution in [0.3, 0.4) is 0 Å². The van der Waals surface area contributed by atoms with Crippen LogP contribution in [0.2, 0.25) is 0 Å². The van der Waals surface area contributed by atoms with Gasteiger partial charge in [0.25, 0.3) is 0 Å². The van der Waals surface area contributed by atoms with Gasteiger partial charge in [-0.15, -0.1) is 5.11 Å². The molecule has 0 radical (unpaired) electrons. The molecule has 0 bridgehead atoms. The molecule has 0 aliphatic heterocycles. The molecule has 0 amide bonds. The van der Waals surface area contributed by atoms with Crippen molar-refractivity contribution in [1.29, 1.82) is 0 Å². The lowest BCUT2D eigenvalue weighted by Crippen LogP contribution is -1.78. The largest absolute Gasteiger partial charge is 0.479 e. The highest BCUT2D eigenvalue weighted by molar-refractivity contribution is 5.70. The highest BCUT2D eigenvalue weighted by atomic mass is 16.5. The minimum absolute atomic E-state index is 0.244. The van der Waals surface area contributed by atoms with Gasteiger partial charge in [-0.25, -0.2) is 0 Å². The van der Waals surface area contributed by atoms with Crippen LogP contribution in [0, 0.1) is 0 Å². The minimum atomic E-state index is -0.244. The smallest absolute Gasteiger partial charge is 0.311 e. The molecule has 126 valence electrons. The van der Waals surface area contributed by atoms with Gasteiger partial charge >= 0.3 is 5.95 Å². The molecule has 0 fully saturated rings. The van der Waals surface area contributed by atoms with Crippen molar-refractivity contribution < 1.29 is 9.52 Å². The molecule has 1 N–H and O–H groups in total. The van der Waals surface area contributed by atoms with Gasteiger partial charge in [0, 0.05) is 11.6 Å². The van der Waals surface area contributed by atoms with E-state index in [4.69, 9.17) is 4.42 Å². The van der Waals surface area contributed by atoms with Gasteiger partial charge in [-0.2, -0.15) is 5.11 Å². The fourth-order valence-corrected chi connectivity index (χ4v) is 2.65. The number of azo groups is 1. The molecule has 26 heavy (non-hydrogen) atoms. The molecule has 3 aromatic carbocycles. The first-order chi connectivity index (χ1) is 12.8. The molecule has 0 spiro atoms. The van der Waals surface area contributed by atoms with Crippen LogP contribution in [-0.4, -0.2) is 5.11 Å². The van der Waals surface area contributed by atoms with Crippen molar-refractivity contribution in [1.82, 2.24) is 0 Å². The Morgan fingerprint density at radius 3 is 1.88 bits per heavy atom. The maximum absolute atomic E-state index is 9.98. The van der Waals surface area contributed by atoms with Gasteiger partial charge in [-0.3, -0.25) is 0 Å². The van der Waals surface area contributed by atoms with Crippen LogP contribution in [-0.2, 0) is 0 Å². The number of hydrogen-bond acceptors (Lipinski definition) is 4. The van der Waals surface area contributed by atoms with E-state index in [2.05, 4.69) is 22.4 Å². The minimum Gasteiger partial charge on any atom is -0.479 e. The Morgan fingerprint density at radius 1 is 0.615 bits per heavy atom. The van der Waals surface area contributed by atoms with Crippen molar-refractivity contribution in [3.63, 3.8) is 0 Å². The zero-order valence-corrected chi connectivity index (χ0v) is 13.9. The van der Waals surface area contributed by atoms with Crippen LogP contribution in [0.5, 0.6) is 5.95 Å². The third-order valence-corrected chi connectivity index (χ3v) is 4.00. The van der Waals surface area contributed by atoms with Gasteiger partial charge in [-0.1, -0.05) is 72.8 Å². The molecule has 4 rings (SSSR count). The van der Waals surface area contributed by atoms with E-state index in [0.717, 1.165) is 16.7 Å². The quantitative estimate of drug-likeness (QED) is 0.418. The Morgan fingerprint density at radius 2 is 1.19 bits per heavy atom. The average molecular weight is 340 g/mol. The van der Waals surface area contributed by atoms with Gasteiger partial charge in [0.05, 0.1) is 5.69 Å². The van der Waals surface area contributed by atoms with Crippen LogP contribution >= 0.6 is 0 Å². The molecule has 1 heterocycles. The van der Waals surface area contributed by atoms with E-state index >= 15 is 0 Å². The number of benzene rings is 3. The summed E-state index contributed by atoms with van der Waals surface area (Å²) in [7, 11) is 0. The standard InChI is InChI=1S/C22H16N2O2/c25-22-20(24-23-19-9-5-2-6-10-19)15-21(26-22)18-13-11-17(12-14-18)16-7-3-1-4-8-16/h1-15,25H. The fraction of sp³-hybridized carbons (Fsp3) is 0. The van der Waals surface area contributed by atoms with Crippen molar-refractivity contribution in [2.24, 2.45) is 10.2 Å². The lowest BCUT2D eigenvalue weighted by atomic mass is 10.0. The molecule has 0 saturated heterocycles. The van der Waals surface area contributed by atoms with E-state index in [1.54, 1.807) is 6.07 Å². The summed E-state index contributed by atoms with van der Waals surface area (Å²) in [5, 5.41) is 18.2. The molecule has 4 heteroatoms. The zero-order chi connectivity index (χ0) is 17.8. The molecule has 1 aromatic heterocycles. The lowest BCUT2D eigenvalue weighted by Gasteiger charge is -2.02. The highest BCUT2D eigenvalue weighted by Gasteiger charge is 2.11. The molecule has 4 nitrogen and oxygen atoms in total. The molecule has 0 saturated carbocycles. The highest BCUT2D eigenvalue weighted by Crippen LogP contribution is 2.37. The first-order valence-electron chi connectivity index (χ1n) is 8.25. The lowest BCUT2D eigenvalue weighted by molar-refractivity contribution is 0.339. The van der Waals surface area contributed by atoms with E-state index in [-0.39, 0.29) is 5.95 Å². The van der Waals surface area contributed by atoms with Crippen molar-refractivity contribution in [3.05, 3.63) is 91.0 Å². The van der Waals surface area contributed by atoms with Crippen LogP contribution in [0.15, 0.2) is 106 Å². The third-order valence-electron chi connectivity index (χ3n) is 4.00. The van der Waals surface area contributed by atoms with E-state index in [1.807, 2.05) is 72.8 Å². The number of aromatic hydroxyl groups is 1. The summed E-state index contributed by atoms with van der Waals surface area (Å²) in [5.74, 6) is 0.302. The Balaban J connectivity index is 1.58. The molecule has 0 atom stereocenters. The number of hydrogen-bond donors (Lipinski definition) is 1. The fourth-order valence-electron chi connectivity index (χ4n) is 2.65. The summed E-state index contributed by atoms with van der Waals surface area (Å²) in [6, 6.07) is 29.1. The maximum Gasteiger partial charge on any atom is 0.311 e. The summed E-state index contributed by atoms with van der Waals surface area (Å²) < 4.78 is 5.44. The van der Waals surface area contributed by atoms with E-state index in [1.165, 1.54) is 0 Å². The summed E-state index contributed by atoms with van der Waals surface area (Å²) >= 11 is 0. The van der Waals surface area contributed by atoms with Crippen LogP contribution < -0.4 is 0 Å². The topological polar surface area (TPSA) is 58.1 Å². The molecule has 4 aromatic rings. The van der Waals surface area contributed by atoms with Crippen molar-refractivity contribution >= 4 is 11.4 Å². The van der Waals surface area contributed by atoms with E-state index in [9.17, 15) is 5.11 Å². The second-order valence-corrected chi connectivity index (χ2v) is 5.78.